The van der Waals surface area contributed by atoms with Gasteiger partial charge in [0.15, 0.2) is 5.82 Å². The fraction of sp³-hybridized carbons (Fsp3) is 0.533. The Morgan fingerprint density at radius 3 is 2.30 bits per heavy atom. The first-order chi connectivity index (χ1) is 9.36. The second-order valence-corrected chi connectivity index (χ2v) is 5.75. The molecule has 2 heterocycles. The normalized spacial score (nSPS) is 11.4. The summed E-state index contributed by atoms with van der Waals surface area (Å²) in [6, 6.07) is 0. The van der Waals surface area contributed by atoms with Crippen molar-refractivity contribution < 1.29 is 0 Å². The van der Waals surface area contributed by atoms with Gasteiger partial charge in [0.1, 0.15) is 11.0 Å². The van der Waals surface area contributed by atoms with Crippen molar-refractivity contribution in [3.63, 3.8) is 0 Å². The van der Waals surface area contributed by atoms with E-state index >= 15 is 0 Å². The molecule has 2 aromatic heterocycles. The average Bonchev–Trinajstić information content (AvgIpc) is 2.67. The van der Waals surface area contributed by atoms with Crippen molar-refractivity contribution in [2.24, 2.45) is 0 Å². The van der Waals surface area contributed by atoms with E-state index in [0.717, 1.165) is 35.0 Å². The largest absolute Gasteiger partial charge is 0.220 e. The number of halogens is 1. The van der Waals surface area contributed by atoms with Crippen molar-refractivity contribution in [3.8, 4) is 5.82 Å². The molecule has 0 aliphatic heterocycles. The zero-order chi connectivity index (χ0) is 15.0. The van der Waals surface area contributed by atoms with Crippen LogP contribution in [0.25, 0.3) is 5.82 Å². The Balaban J connectivity index is 2.69. The van der Waals surface area contributed by atoms with E-state index in [9.17, 15) is 0 Å². The molecule has 0 N–H and O–H groups in total. The average molecular weight is 293 g/mol. The highest BCUT2D eigenvalue weighted by atomic mass is 35.5. The van der Waals surface area contributed by atoms with E-state index in [4.69, 9.17) is 11.6 Å². The number of nitrogens with zero attached hydrogens (tertiary/aromatic N) is 4. The van der Waals surface area contributed by atoms with Gasteiger partial charge in [-0.05, 0) is 32.8 Å². The van der Waals surface area contributed by atoms with Crippen LogP contribution in [0, 0.1) is 20.8 Å². The van der Waals surface area contributed by atoms with E-state index in [1.165, 1.54) is 5.56 Å². The Bertz CT molecular complexity index is 644. The number of rotatable bonds is 3. The van der Waals surface area contributed by atoms with E-state index < -0.39 is 0 Å². The minimum absolute atomic E-state index is 0.231. The highest BCUT2D eigenvalue weighted by Gasteiger charge is 2.18. The molecule has 0 radical (unpaired) electrons. The summed E-state index contributed by atoms with van der Waals surface area (Å²) in [6.45, 7) is 12.3. The van der Waals surface area contributed by atoms with E-state index in [1.807, 2.05) is 18.5 Å². The van der Waals surface area contributed by atoms with E-state index in [2.05, 4.69) is 42.8 Å². The monoisotopic (exact) mass is 292 g/mol. The van der Waals surface area contributed by atoms with E-state index in [1.54, 1.807) is 0 Å². The lowest BCUT2D eigenvalue weighted by Gasteiger charge is -2.12. The molecule has 0 saturated carbocycles. The summed E-state index contributed by atoms with van der Waals surface area (Å²) in [5.41, 5.74) is 4.30. The molecule has 0 aliphatic carbocycles. The molecule has 4 nitrogen and oxygen atoms in total. The second kappa shape index (κ2) is 5.52. The standard InChI is InChI=1S/C15H21ClN4/c1-7-12-10(5)19-20(11(12)6)15-9(4)13(16)17-14(18-15)8(2)3/h8H,7H2,1-6H3. The molecule has 0 aliphatic rings. The zero-order valence-corrected chi connectivity index (χ0v) is 13.7. The van der Waals surface area contributed by atoms with Gasteiger partial charge in [0.2, 0.25) is 0 Å². The van der Waals surface area contributed by atoms with Crippen molar-refractivity contribution in [2.45, 2.75) is 53.9 Å². The molecule has 0 aromatic carbocycles. The van der Waals surface area contributed by atoms with Gasteiger partial charge in [0, 0.05) is 17.2 Å². The maximum atomic E-state index is 6.25. The highest BCUT2D eigenvalue weighted by molar-refractivity contribution is 6.30. The minimum Gasteiger partial charge on any atom is -0.220 e. The first-order valence-electron chi connectivity index (χ1n) is 6.96. The van der Waals surface area contributed by atoms with Crippen molar-refractivity contribution in [1.82, 2.24) is 19.7 Å². The molecule has 20 heavy (non-hydrogen) atoms. The van der Waals surface area contributed by atoms with Crippen LogP contribution in [-0.4, -0.2) is 19.7 Å². The molecule has 0 atom stereocenters. The SMILES string of the molecule is CCc1c(C)nn(-c2nc(C(C)C)nc(Cl)c2C)c1C. The Kier molecular flexibility index (Phi) is 4.14. The quantitative estimate of drug-likeness (QED) is 0.805. The highest BCUT2D eigenvalue weighted by Crippen LogP contribution is 2.24. The molecule has 0 unspecified atom stereocenters. The van der Waals surface area contributed by atoms with Gasteiger partial charge in [0.25, 0.3) is 0 Å². The maximum absolute atomic E-state index is 6.25. The molecule has 0 saturated heterocycles. The second-order valence-electron chi connectivity index (χ2n) is 5.39. The van der Waals surface area contributed by atoms with Crippen LogP contribution in [0.2, 0.25) is 5.15 Å². The smallest absolute Gasteiger partial charge is 0.161 e. The van der Waals surface area contributed by atoms with Gasteiger partial charge in [-0.3, -0.25) is 0 Å². The minimum atomic E-state index is 0.231. The Labute approximate surface area is 125 Å². The lowest BCUT2D eigenvalue weighted by molar-refractivity contribution is 0.729. The van der Waals surface area contributed by atoms with Crippen molar-refractivity contribution in [2.75, 3.05) is 0 Å². The third kappa shape index (κ3) is 2.44. The first-order valence-corrected chi connectivity index (χ1v) is 7.34. The van der Waals surface area contributed by atoms with Gasteiger partial charge in [-0.2, -0.15) is 5.10 Å². The van der Waals surface area contributed by atoms with Crippen LogP contribution >= 0.6 is 11.6 Å². The molecule has 0 spiro atoms. The summed E-state index contributed by atoms with van der Waals surface area (Å²) in [4.78, 5) is 9.01. The molecule has 5 heteroatoms. The van der Waals surface area contributed by atoms with Crippen LogP contribution in [-0.2, 0) is 6.42 Å². The van der Waals surface area contributed by atoms with Gasteiger partial charge in [-0.15, -0.1) is 0 Å². The molecule has 108 valence electrons. The van der Waals surface area contributed by atoms with Crippen molar-refractivity contribution in [3.05, 3.63) is 33.5 Å². The van der Waals surface area contributed by atoms with Gasteiger partial charge < -0.3 is 0 Å². The first kappa shape index (κ1) is 15.0. The predicted octanol–water partition coefficient (Wildman–Crippen LogP) is 3.93. The third-order valence-electron chi connectivity index (χ3n) is 3.59. The predicted molar refractivity (Wildman–Crippen MR) is 81.8 cm³/mol. The summed E-state index contributed by atoms with van der Waals surface area (Å²) in [7, 11) is 0. The summed E-state index contributed by atoms with van der Waals surface area (Å²) < 4.78 is 1.89. The van der Waals surface area contributed by atoms with Crippen molar-refractivity contribution >= 4 is 11.6 Å². The summed E-state index contributed by atoms with van der Waals surface area (Å²) in [5, 5.41) is 5.13. The molecule has 0 fully saturated rings. The fourth-order valence-electron chi connectivity index (χ4n) is 2.35. The topological polar surface area (TPSA) is 43.6 Å². The summed E-state index contributed by atoms with van der Waals surface area (Å²) in [5.74, 6) is 1.77. The lowest BCUT2D eigenvalue weighted by Crippen LogP contribution is -2.10. The van der Waals surface area contributed by atoms with Gasteiger partial charge in [0.05, 0.1) is 5.69 Å². The Hall–Kier alpha value is -1.42. The van der Waals surface area contributed by atoms with Gasteiger partial charge >= 0.3 is 0 Å². The summed E-state index contributed by atoms with van der Waals surface area (Å²) >= 11 is 6.25. The van der Waals surface area contributed by atoms with E-state index in [-0.39, 0.29) is 5.92 Å². The maximum Gasteiger partial charge on any atom is 0.161 e. The van der Waals surface area contributed by atoms with Crippen LogP contribution < -0.4 is 0 Å². The van der Waals surface area contributed by atoms with Crippen LogP contribution in [0.3, 0.4) is 0 Å². The van der Waals surface area contributed by atoms with Crippen LogP contribution in [0.4, 0.5) is 0 Å². The number of hydrogen-bond donors (Lipinski definition) is 0. The van der Waals surface area contributed by atoms with Crippen molar-refractivity contribution in [1.29, 1.82) is 0 Å². The van der Waals surface area contributed by atoms with Crippen LogP contribution in [0.15, 0.2) is 0 Å². The van der Waals surface area contributed by atoms with Crippen LogP contribution in [0.1, 0.15) is 55.0 Å². The molecular formula is C15H21ClN4. The number of aryl methyl sites for hydroxylation is 1. The molecule has 2 rings (SSSR count). The number of hydrogen-bond acceptors (Lipinski definition) is 3. The van der Waals surface area contributed by atoms with Gasteiger partial charge in [-0.25, -0.2) is 14.6 Å². The zero-order valence-electron chi connectivity index (χ0n) is 13.0. The summed E-state index contributed by atoms with van der Waals surface area (Å²) in [6.07, 6.45) is 0.965. The Morgan fingerprint density at radius 2 is 1.80 bits per heavy atom. The molecular weight excluding hydrogens is 272 g/mol. The van der Waals surface area contributed by atoms with Gasteiger partial charge in [-0.1, -0.05) is 32.4 Å². The third-order valence-corrected chi connectivity index (χ3v) is 3.96. The fourth-order valence-corrected chi connectivity index (χ4v) is 2.52. The number of aromatic nitrogens is 4. The molecule has 2 aromatic rings. The lowest BCUT2D eigenvalue weighted by atomic mass is 10.1. The molecule has 0 bridgehead atoms. The Morgan fingerprint density at radius 1 is 1.15 bits per heavy atom. The molecule has 0 amide bonds. The van der Waals surface area contributed by atoms with E-state index in [0.29, 0.717) is 5.15 Å². The van der Waals surface area contributed by atoms with Crippen LogP contribution in [0.5, 0.6) is 0 Å².